The standard InChI is InChI=1S/C11H7F4N5/c12-4-1-2-6(5(13)3-4)20-11-7(10(16)17-18-11)8(19-20)9(14)15/h1-3,9H,(H3,16,17,18). The van der Waals surface area contributed by atoms with Gasteiger partial charge in [-0.1, -0.05) is 0 Å². The second-order valence-electron chi connectivity index (χ2n) is 4.03. The molecule has 0 saturated carbocycles. The number of halogens is 4. The minimum atomic E-state index is -2.90. The minimum Gasteiger partial charge on any atom is -0.383 e. The maximum atomic E-state index is 13.7. The van der Waals surface area contributed by atoms with E-state index in [2.05, 4.69) is 15.3 Å². The number of anilines is 1. The molecule has 1 aromatic carbocycles. The van der Waals surface area contributed by atoms with Crippen molar-refractivity contribution in [3.8, 4) is 5.69 Å². The van der Waals surface area contributed by atoms with E-state index in [9.17, 15) is 17.6 Å². The summed E-state index contributed by atoms with van der Waals surface area (Å²) in [5.74, 6) is -1.83. The molecule has 0 saturated heterocycles. The van der Waals surface area contributed by atoms with Crippen LogP contribution in [0.25, 0.3) is 16.7 Å². The summed E-state index contributed by atoms with van der Waals surface area (Å²) in [7, 11) is 0. The predicted octanol–water partition coefficient (Wildman–Crippen LogP) is 2.55. The Bertz CT molecular complexity index is 792. The van der Waals surface area contributed by atoms with E-state index >= 15 is 0 Å². The third-order valence-corrected chi connectivity index (χ3v) is 2.78. The highest BCUT2D eigenvalue weighted by Crippen LogP contribution is 2.31. The Morgan fingerprint density at radius 3 is 2.65 bits per heavy atom. The van der Waals surface area contributed by atoms with Gasteiger partial charge in [-0.2, -0.15) is 10.2 Å². The second-order valence-corrected chi connectivity index (χ2v) is 4.03. The average molecular weight is 285 g/mol. The van der Waals surface area contributed by atoms with E-state index in [0.717, 1.165) is 16.8 Å². The zero-order valence-electron chi connectivity index (χ0n) is 9.74. The number of alkyl halides is 2. The van der Waals surface area contributed by atoms with Gasteiger partial charge in [0.05, 0.1) is 5.39 Å². The summed E-state index contributed by atoms with van der Waals surface area (Å²) < 4.78 is 53.3. The lowest BCUT2D eigenvalue weighted by molar-refractivity contribution is 0.147. The zero-order valence-corrected chi connectivity index (χ0v) is 9.74. The smallest absolute Gasteiger partial charge is 0.282 e. The van der Waals surface area contributed by atoms with Crippen molar-refractivity contribution in [2.24, 2.45) is 0 Å². The topological polar surface area (TPSA) is 72.5 Å². The highest BCUT2D eigenvalue weighted by molar-refractivity contribution is 5.90. The van der Waals surface area contributed by atoms with Crippen LogP contribution in [0.2, 0.25) is 0 Å². The highest BCUT2D eigenvalue weighted by atomic mass is 19.3. The molecule has 0 radical (unpaired) electrons. The van der Waals surface area contributed by atoms with Crippen LogP contribution < -0.4 is 5.73 Å². The number of aromatic amines is 1. The Hall–Kier alpha value is -2.58. The Balaban J connectivity index is 2.31. The molecule has 2 heterocycles. The number of rotatable bonds is 2. The van der Waals surface area contributed by atoms with Crippen molar-refractivity contribution >= 4 is 16.9 Å². The van der Waals surface area contributed by atoms with Crippen molar-refractivity contribution in [1.82, 2.24) is 20.0 Å². The number of aromatic nitrogens is 4. The molecule has 0 atom stereocenters. The average Bonchev–Trinajstić information content (AvgIpc) is 2.91. The number of hydrogen-bond acceptors (Lipinski definition) is 3. The molecule has 5 nitrogen and oxygen atoms in total. The van der Waals surface area contributed by atoms with E-state index in [4.69, 9.17) is 5.73 Å². The molecule has 0 amide bonds. The number of fused-ring (bicyclic) bond motifs is 1. The molecule has 3 N–H and O–H groups in total. The van der Waals surface area contributed by atoms with Gasteiger partial charge in [0.15, 0.2) is 11.5 Å². The summed E-state index contributed by atoms with van der Waals surface area (Å²) in [6, 6.07) is 2.70. The molecule has 3 aromatic rings. The first-order valence-corrected chi connectivity index (χ1v) is 5.45. The van der Waals surface area contributed by atoms with Gasteiger partial charge in [-0.3, -0.25) is 5.10 Å². The Kier molecular flexibility index (Phi) is 2.63. The summed E-state index contributed by atoms with van der Waals surface area (Å²) in [4.78, 5) is 0. The largest absolute Gasteiger partial charge is 0.383 e. The van der Waals surface area contributed by atoms with Gasteiger partial charge in [0.25, 0.3) is 6.43 Å². The summed E-state index contributed by atoms with van der Waals surface area (Å²) in [5, 5.41) is 9.58. The van der Waals surface area contributed by atoms with Gasteiger partial charge in [0.1, 0.15) is 23.0 Å². The molecule has 3 rings (SSSR count). The molecular formula is C11H7F4N5. The van der Waals surface area contributed by atoms with Gasteiger partial charge < -0.3 is 5.73 Å². The number of nitrogens with zero attached hydrogens (tertiary/aromatic N) is 3. The van der Waals surface area contributed by atoms with Crippen LogP contribution in [-0.2, 0) is 0 Å². The van der Waals surface area contributed by atoms with Gasteiger partial charge in [-0.05, 0) is 12.1 Å². The molecule has 104 valence electrons. The molecular weight excluding hydrogens is 278 g/mol. The predicted molar refractivity (Wildman–Crippen MR) is 62.5 cm³/mol. The summed E-state index contributed by atoms with van der Waals surface area (Å²) >= 11 is 0. The normalized spacial score (nSPS) is 11.7. The third kappa shape index (κ3) is 1.70. The van der Waals surface area contributed by atoms with E-state index in [-0.39, 0.29) is 22.5 Å². The quantitative estimate of drug-likeness (QED) is 0.711. The van der Waals surface area contributed by atoms with E-state index < -0.39 is 23.8 Å². The number of hydrogen-bond donors (Lipinski definition) is 2. The number of nitrogens with one attached hydrogen (secondary N) is 1. The number of nitrogens with two attached hydrogens (primary N) is 1. The van der Waals surface area contributed by atoms with Crippen LogP contribution in [0.1, 0.15) is 12.1 Å². The van der Waals surface area contributed by atoms with Crippen molar-refractivity contribution < 1.29 is 17.6 Å². The van der Waals surface area contributed by atoms with Gasteiger partial charge >= 0.3 is 0 Å². The Morgan fingerprint density at radius 1 is 1.25 bits per heavy atom. The molecule has 0 bridgehead atoms. The number of nitrogen functional groups attached to an aromatic ring is 1. The fourth-order valence-electron chi connectivity index (χ4n) is 1.93. The molecule has 2 aromatic heterocycles. The lowest BCUT2D eigenvalue weighted by Crippen LogP contribution is -2.02. The van der Waals surface area contributed by atoms with Crippen molar-refractivity contribution in [3.63, 3.8) is 0 Å². The number of benzene rings is 1. The third-order valence-electron chi connectivity index (χ3n) is 2.78. The van der Waals surface area contributed by atoms with Gasteiger partial charge in [0, 0.05) is 6.07 Å². The van der Waals surface area contributed by atoms with Crippen LogP contribution in [0.15, 0.2) is 18.2 Å². The van der Waals surface area contributed by atoms with Crippen molar-refractivity contribution in [3.05, 3.63) is 35.5 Å². The van der Waals surface area contributed by atoms with Crippen molar-refractivity contribution in [2.45, 2.75) is 6.43 Å². The first-order chi connectivity index (χ1) is 9.49. The van der Waals surface area contributed by atoms with Crippen LogP contribution in [0.5, 0.6) is 0 Å². The second kappa shape index (κ2) is 4.22. The van der Waals surface area contributed by atoms with Gasteiger partial charge in [-0.15, -0.1) is 0 Å². The number of H-pyrrole nitrogens is 1. The molecule has 0 unspecified atom stereocenters. The van der Waals surface area contributed by atoms with Crippen LogP contribution in [0, 0.1) is 11.6 Å². The zero-order chi connectivity index (χ0) is 14.4. The summed E-state index contributed by atoms with van der Waals surface area (Å²) in [6.07, 6.45) is -2.90. The van der Waals surface area contributed by atoms with Crippen molar-refractivity contribution in [1.29, 1.82) is 0 Å². The molecule has 0 fully saturated rings. The first-order valence-electron chi connectivity index (χ1n) is 5.45. The van der Waals surface area contributed by atoms with Gasteiger partial charge in [-0.25, -0.2) is 22.2 Å². The van der Waals surface area contributed by atoms with Crippen LogP contribution in [-0.4, -0.2) is 20.0 Å². The fraction of sp³-hybridized carbons (Fsp3) is 0.0909. The Labute approximate surface area is 109 Å². The van der Waals surface area contributed by atoms with Crippen LogP contribution in [0.4, 0.5) is 23.4 Å². The maximum Gasteiger partial charge on any atom is 0.282 e. The fourth-order valence-corrected chi connectivity index (χ4v) is 1.93. The molecule has 9 heteroatoms. The van der Waals surface area contributed by atoms with Crippen molar-refractivity contribution in [2.75, 3.05) is 5.73 Å². The molecule has 0 aliphatic carbocycles. The molecule has 20 heavy (non-hydrogen) atoms. The summed E-state index contributed by atoms with van der Waals surface area (Å²) in [6.45, 7) is 0. The van der Waals surface area contributed by atoms with Gasteiger partial charge in [0.2, 0.25) is 0 Å². The van der Waals surface area contributed by atoms with E-state index in [1.165, 1.54) is 0 Å². The molecule has 0 aliphatic rings. The Morgan fingerprint density at radius 2 is 2.00 bits per heavy atom. The molecule has 0 spiro atoms. The lowest BCUT2D eigenvalue weighted by atomic mass is 10.3. The first kappa shape index (κ1) is 12.5. The van der Waals surface area contributed by atoms with E-state index in [0.29, 0.717) is 6.07 Å². The monoisotopic (exact) mass is 285 g/mol. The summed E-state index contributed by atoms with van der Waals surface area (Å²) in [5.41, 5.74) is 4.64. The van der Waals surface area contributed by atoms with E-state index in [1.54, 1.807) is 0 Å². The highest BCUT2D eigenvalue weighted by Gasteiger charge is 2.24. The maximum absolute atomic E-state index is 13.7. The van der Waals surface area contributed by atoms with Crippen LogP contribution >= 0.6 is 0 Å². The molecule has 0 aliphatic heterocycles. The SMILES string of the molecule is Nc1[nH]nc2c1c(C(F)F)nn2-c1ccc(F)cc1F. The van der Waals surface area contributed by atoms with E-state index in [1.807, 2.05) is 0 Å². The lowest BCUT2D eigenvalue weighted by Gasteiger charge is -2.03. The minimum absolute atomic E-state index is 0.0525. The van der Waals surface area contributed by atoms with Crippen LogP contribution in [0.3, 0.4) is 0 Å².